The number of pyridine rings is 1. The summed E-state index contributed by atoms with van der Waals surface area (Å²) >= 11 is 0. The van der Waals surface area contributed by atoms with Gasteiger partial charge in [-0.15, -0.1) is 0 Å². The van der Waals surface area contributed by atoms with Gasteiger partial charge in [-0.05, 0) is 18.1 Å². The van der Waals surface area contributed by atoms with Crippen molar-refractivity contribution >= 4 is 23.3 Å². The van der Waals surface area contributed by atoms with E-state index in [0.717, 1.165) is 0 Å². The Morgan fingerprint density at radius 2 is 2.04 bits per heavy atom. The van der Waals surface area contributed by atoms with E-state index in [1.807, 2.05) is 27.9 Å². The fourth-order valence-electron chi connectivity index (χ4n) is 2.07. The predicted molar refractivity (Wildman–Crippen MR) is 87.7 cm³/mol. The molecule has 0 atom stereocenters. The van der Waals surface area contributed by atoms with E-state index in [9.17, 15) is 9.59 Å². The van der Waals surface area contributed by atoms with Crippen LogP contribution in [-0.2, 0) is 0 Å². The summed E-state index contributed by atoms with van der Waals surface area (Å²) in [6, 6.07) is 3.26. The second-order valence-electron chi connectivity index (χ2n) is 5.63. The number of primary amides is 1. The Morgan fingerprint density at radius 3 is 2.61 bits per heavy atom. The predicted octanol–water partition coefficient (Wildman–Crippen LogP) is 1.35. The first kappa shape index (κ1) is 16.5. The van der Waals surface area contributed by atoms with Gasteiger partial charge >= 0.3 is 0 Å². The van der Waals surface area contributed by atoms with Crippen molar-refractivity contribution in [1.29, 1.82) is 0 Å². The number of aromatic nitrogens is 3. The number of carbonyl (C=O) groups excluding carboxylic acids is 2. The van der Waals surface area contributed by atoms with Crippen LogP contribution in [0.5, 0.6) is 0 Å². The van der Waals surface area contributed by atoms with Gasteiger partial charge in [0.25, 0.3) is 11.8 Å². The van der Waals surface area contributed by atoms with Crippen LogP contribution in [-0.4, -0.2) is 41.1 Å². The van der Waals surface area contributed by atoms with Crippen LogP contribution in [0.2, 0.25) is 0 Å². The highest BCUT2D eigenvalue weighted by atomic mass is 16.2. The summed E-state index contributed by atoms with van der Waals surface area (Å²) in [4.78, 5) is 29.9. The van der Waals surface area contributed by atoms with Crippen molar-refractivity contribution in [1.82, 2.24) is 15.2 Å². The van der Waals surface area contributed by atoms with E-state index in [1.54, 1.807) is 23.2 Å². The van der Waals surface area contributed by atoms with E-state index < -0.39 is 5.91 Å². The Morgan fingerprint density at radius 1 is 1.35 bits per heavy atom. The van der Waals surface area contributed by atoms with E-state index >= 15 is 0 Å². The van der Waals surface area contributed by atoms with Gasteiger partial charge in [0.15, 0.2) is 5.69 Å². The third-order valence-corrected chi connectivity index (χ3v) is 3.31. The molecular weight excluding hydrogens is 296 g/mol. The highest BCUT2D eigenvalue weighted by molar-refractivity contribution is 6.08. The number of carbonyl (C=O) groups is 2. The fraction of sp³-hybridized carbons (Fsp3) is 0.333. The Bertz CT molecular complexity index is 735. The number of nitrogens with zero attached hydrogens (tertiary/aromatic N) is 3. The van der Waals surface area contributed by atoms with Crippen molar-refractivity contribution in [2.24, 2.45) is 5.73 Å². The second-order valence-corrected chi connectivity index (χ2v) is 5.63. The lowest BCUT2D eigenvalue weighted by Gasteiger charge is -2.13. The molecule has 122 valence electrons. The fourth-order valence-corrected chi connectivity index (χ4v) is 2.07. The molecule has 23 heavy (non-hydrogen) atoms. The molecule has 2 amide bonds. The van der Waals surface area contributed by atoms with Crippen molar-refractivity contribution in [3.05, 3.63) is 35.3 Å². The average molecular weight is 316 g/mol. The number of aromatic amines is 1. The first-order chi connectivity index (χ1) is 10.8. The van der Waals surface area contributed by atoms with Gasteiger partial charge in [-0.25, -0.2) is 4.98 Å². The van der Waals surface area contributed by atoms with E-state index in [4.69, 9.17) is 5.73 Å². The highest BCUT2D eigenvalue weighted by Crippen LogP contribution is 2.26. The number of H-pyrrole nitrogens is 1. The maximum atomic E-state index is 12.5. The van der Waals surface area contributed by atoms with Crippen LogP contribution in [0.4, 0.5) is 11.5 Å². The molecule has 4 N–H and O–H groups in total. The molecule has 0 spiro atoms. The molecule has 0 unspecified atom stereocenters. The zero-order chi connectivity index (χ0) is 17.1. The first-order valence-corrected chi connectivity index (χ1v) is 7.14. The SMILES string of the molecule is CC(C)c1[nH]nc(C(N)=O)c1NC(=O)c1ccnc(N(C)C)c1. The monoisotopic (exact) mass is 316 g/mol. The Kier molecular flexibility index (Phi) is 4.63. The smallest absolute Gasteiger partial charge is 0.271 e. The molecule has 0 saturated carbocycles. The Labute approximate surface area is 134 Å². The number of amides is 2. The number of nitrogens with two attached hydrogens (primary N) is 1. The van der Waals surface area contributed by atoms with Crippen molar-refractivity contribution in [3.8, 4) is 0 Å². The molecule has 8 nitrogen and oxygen atoms in total. The number of hydrogen-bond acceptors (Lipinski definition) is 5. The van der Waals surface area contributed by atoms with Crippen molar-refractivity contribution in [3.63, 3.8) is 0 Å². The minimum absolute atomic E-state index is 0.0175. The summed E-state index contributed by atoms with van der Waals surface area (Å²) in [5, 5.41) is 9.37. The van der Waals surface area contributed by atoms with Crippen molar-refractivity contribution in [2.45, 2.75) is 19.8 Å². The molecule has 2 rings (SSSR count). The summed E-state index contributed by atoms with van der Waals surface area (Å²) in [6.45, 7) is 3.84. The molecular formula is C15H20N6O2. The first-order valence-electron chi connectivity index (χ1n) is 7.14. The summed E-state index contributed by atoms with van der Waals surface area (Å²) in [5.41, 5.74) is 6.73. The van der Waals surface area contributed by atoms with Crippen molar-refractivity contribution in [2.75, 3.05) is 24.3 Å². The van der Waals surface area contributed by atoms with Gasteiger partial charge in [0.1, 0.15) is 5.82 Å². The molecule has 0 bridgehead atoms. The highest BCUT2D eigenvalue weighted by Gasteiger charge is 2.22. The largest absolute Gasteiger partial charge is 0.364 e. The van der Waals surface area contributed by atoms with Gasteiger partial charge in [0.05, 0.1) is 11.4 Å². The molecule has 0 aliphatic carbocycles. The van der Waals surface area contributed by atoms with Crippen LogP contribution in [0.1, 0.15) is 46.3 Å². The minimum Gasteiger partial charge on any atom is -0.364 e. The van der Waals surface area contributed by atoms with Crippen LogP contribution in [0.25, 0.3) is 0 Å². The molecule has 0 fully saturated rings. The maximum Gasteiger partial charge on any atom is 0.271 e. The van der Waals surface area contributed by atoms with Crippen LogP contribution in [0.3, 0.4) is 0 Å². The third-order valence-electron chi connectivity index (χ3n) is 3.31. The summed E-state index contributed by atoms with van der Waals surface area (Å²) < 4.78 is 0. The average Bonchev–Trinajstić information content (AvgIpc) is 2.91. The van der Waals surface area contributed by atoms with Gasteiger partial charge in [0, 0.05) is 25.9 Å². The number of nitrogens with one attached hydrogen (secondary N) is 2. The summed E-state index contributed by atoms with van der Waals surface area (Å²) in [5.74, 6) is -0.363. The van der Waals surface area contributed by atoms with Crippen LogP contribution < -0.4 is 16.0 Å². The van der Waals surface area contributed by atoms with Gasteiger partial charge < -0.3 is 16.0 Å². The summed E-state index contributed by atoms with van der Waals surface area (Å²) in [7, 11) is 3.67. The normalized spacial score (nSPS) is 10.7. The van der Waals surface area contributed by atoms with Gasteiger partial charge in [-0.3, -0.25) is 14.7 Å². The second kappa shape index (κ2) is 6.47. The lowest BCUT2D eigenvalue weighted by molar-refractivity contribution is 0.0996. The molecule has 2 aromatic rings. The molecule has 8 heteroatoms. The molecule has 2 heterocycles. The summed E-state index contributed by atoms with van der Waals surface area (Å²) in [6.07, 6.45) is 1.55. The molecule has 0 aliphatic heterocycles. The van der Waals surface area contributed by atoms with Gasteiger partial charge in [-0.1, -0.05) is 13.8 Å². The molecule has 0 saturated heterocycles. The Balaban J connectivity index is 2.35. The van der Waals surface area contributed by atoms with Gasteiger partial charge in [-0.2, -0.15) is 5.10 Å². The third kappa shape index (κ3) is 3.47. The van der Waals surface area contributed by atoms with Crippen LogP contribution in [0, 0.1) is 0 Å². The number of anilines is 2. The quantitative estimate of drug-likeness (QED) is 0.769. The molecule has 0 aliphatic rings. The minimum atomic E-state index is -0.702. The molecule has 0 radical (unpaired) electrons. The van der Waals surface area contributed by atoms with Crippen LogP contribution in [0.15, 0.2) is 18.3 Å². The van der Waals surface area contributed by atoms with E-state index in [0.29, 0.717) is 22.8 Å². The topological polar surface area (TPSA) is 117 Å². The van der Waals surface area contributed by atoms with E-state index in [-0.39, 0.29) is 17.5 Å². The number of rotatable bonds is 5. The molecule has 2 aromatic heterocycles. The van der Waals surface area contributed by atoms with Gasteiger partial charge in [0.2, 0.25) is 0 Å². The zero-order valence-electron chi connectivity index (χ0n) is 13.5. The standard InChI is InChI=1S/C15H20N6O2/c1-8(2)11-12(13(14(16)22)20-19-11)18-15(23)9-5-6-17-10(7-9)21(3)4/h5-8H,1-4H3,(H2,16,22)(H,18,23)(H,19,20). The van der Waals surface area contributed by atoms with Crippen molar-refractivity contribution < 1.29 is 9.59 Å². The van der Waals surface area contributed by atoms with E-state index in [2.05, 4.69) is 20.5 Å². The maximum absolute atomic E-state index is 12.5. The zero-order valence-corrected chi connectivity index (χ0v) is 13.5. The Hall–Kier alpha value is -2.90. The number of hydrogen-bond donors (Lipinski definition) is 3. The van der Waals surface area contributed by atoms with E-state index in [1.165, 1.54) is 0 Å². The van der Waals surface area contributed by atoms with Crippen LogP contribution >= 0.6 is 0 Å². The lowest BCUT2D eigenvalue weighted by Crippen LogP contribution is -2.19. The molecule has 0 aromatic carbocycles. The lowest BCUT2D eigenvalue weighted by atomic mass is 10.1.